The second kappa shape index (κ2) is 8.43. The lowest BCUT2D eigenvalue weighted by Crippen LogP contribution is -2.20. The number of carbonyl (C=O) groups excluding carboxylic acids is 1. The van der Waals surface area contributed by atoms with Gasteiger partial charge in [-0.1, -0.05) is 36.4 Å². The van der Waals surface area contributed by atoms with Gasteiger partial charge in [-0.15, -0.1) is 0 Å². The van der Waals surface area contributed by atoms with Crippen molar-refractivity contribution < 1.29 is 4.79 Å². The molecule has 0 aliphatic heterocycles. The minimum Gasteiger partial charge on any atom is -0.324 e. The first-order valence-corrected chi connectivity index (χ1v) is 10.4. The van der Waals surface area contributed by atoms with E-state index < -0.39 is 0 Å². The minimum atomic E-state index is -0.150. The van der Waals surface area contributed by atoms with E-state index in [9.17, 15) is 4.79 Å². The van der Waals surface area contributed by atoms with Gasteiger partial charge in [0.2, 0.25) is 5.91 Å². The van der Waals surface area contributed by atoms with E-state index in [1.807, 2.05) is 79.7 Å². The third kappa shape index (κ3) is 3.98. The molecule has 0 spiro atoms. The summed E-state index contributed by atoms with van der Waals surface area (Å²) in [6, 6.07) is 25.3. The molecule has 0 bridgehead atoms. The molecule has 0 unspecified atom stereocenters. The molecule has 0 saturated carbocycles. The molecule has 3 aromatic heterocycles. The summed E-state index contributed by atoms with van der Waals surface area (Å²) in [4.78, 5) is 21.9. The number of rotatable bonds is 5. The Labute approximate surface area is 185 Å². The van der Waals surface area contributed by atoms with E-state index in [4.69, 9.17) is 4.98 Å². The van der Waals surface area contributed by atoms with E-state index in [1.165, 1.54) is 0 Å². The SMILES string of the molecule is Cc1cccc(-c2c(-c3ccc4ncccc4c3)cnn2CC(=O)Nc2ccccc2)n1. The molecule has 0 saturated heterocycles. The molecular formula is C26H21N5O. The Morgan fingerprint density at radius 3 is 2.69 bits per heavy atom. The predicted molar refractivity (Wildman–Crippen MR) is 126 cm³/mol. The highest BCUT2D eigenvalue weighted by Gasteiger charge is 2.18. The Kier molecular flexibility index (Phi) is 5.17. The monoisotopic (exact) mass is 419 g/mol. The van der Waals surface area contributed by atoms with Crippen molar-refractivity contribution >= 4 is 22.5 Å². The molecule has 32 heavy (non-hydrogen) atoms. The summed E-state index contributed by atoms with van der Waals surface area (Å²) in [7, 11) is 0. The van der Waals surface area contributed by atoms with Crippen LogP contribution in [0.4, 0.5) is 5.69 Å². The first-order valence-electron chi connectivity index (χ1n) is 10.4. The molecule has 0 atom stereocenters. The van der Waals surface area contributed by atoms with Crippen molar-refractivity contribution in [2.45, 2.75) is 13.5 Å². The van der Waals surface area contributed by atoms with Crippen LogP contribution in [-0.2, 0) is 11.3 Å². The maximum Gasteiger partial charge on any atom is 0.246 e. The fourth-order valence-corrected chi connectivity index (χ4v) is 3.76. The van der Waals surface area contributed by atoms with E-state index in [-0.39, 0.29) is 12.5 Å². The molecule has 0 aliphatic carbocycles. The van der Waals surface area contributed by atoms with Gasteiger partial charge in [-0.05, 0) is 55.0 Å². The largest absolute Gasteiger partial charge is 0.324 e. The Morgan fingerprint density at radius 2 is 1.84 bits per heavy atom. The number of nitrogens with zero attached hydrogens (tertiary/aromatic N) is 4. The van der Waals surface area contributed by atoms with Crippen molar-refractivity contribution in [2.75, 3.05) is 5.32 Å². The Morgan fingerprint density at radius 1 is 0.969 bits per heavy atom. The summed E-state index contributed by atoms with van der Waals surface area (Å²) in [5.74, 6) is -0.150. The van der Waals surface area contributed by atoms with Gasteiger partial charge < -0.3 is 5.32 Å². The number of aryl methyl sites for hydroxylation is 1. The molecule has 0 aliphatic rings. The molecule has 5 rings (SSSR count). The number of aromatic nitrogens is 4. The predicted octanol–water partition coefficient (Wildman–Crippen LogP) is 5.11. The van der Waals surface area contributed by atoms with Crippen LogP contribution in [-0.4, -0.2) is 25.7 Å². The van der Waals surface area contributed by atoms with E-state index in [0.717, 1.165) is 44.8 Å². The maximum atomic E-state index is 12.8. The normalized spacial score (nSPS) is 10.9. The van der Waals surface area contributed by atoms with Crippen LogP contribution >= 0.6 is 0 Å². The molecule has 6 heteroatoms. The molecular weight excluding hydrogens is 398 g/mol. The highest BCUT2D eigenvalue weighted by molar-refractivity contribution is 5.92. The zero-order valence-electron chi connectivity index (χ0n) is 17.6. The van der Waals surface area contributed by atoms with Crippen molar-refractivity contribution in [3.8, 4) is 22.5 Å². The summed E-state index contributed by atoms with van der Waals surface area (Å²) in [5.41, 5.74) is 6.08. The maximum absolute atomic E-state index is 12.8. The number of carbonyl (C=O) groups is 1. The van der Waals surface area contributed by atoms with Crippen LogP contribution in [0.1, 0.15) is 5.69 Å². The van der Waals surface area contributed by atoms with Gasteiger partial charge in [-0.2, -0.15) is 5.10 Å². The smallest absolute Gasteiger partial charge is 0.246 e. The summed E-state index contributed by atoms with van der Waals surface area (Å²) in [6.45, 7) is 2.03. The average Bonchev–Trinajstić information content (AvgIpc) is 3.22. The Hall–Kier alpha value is -4.32. The van der Waals surface area contributed by atoms with Crippen LogP contribution in [0.15, 0.2) is 91.3 Å². The first-order chi connectivity index (χ1) is 15.7. The first kappa shape index (κ1) is 19.6. The number of nitrogens with one attached hydrogen (secondary N) is 1. The number of para-hydroxylation sites is 1. The van der Waals surface area contributed by atoms with Gasteiger partial charge >= 0.3 is 0 Å². The van der Waals surface area contributed by atoms with Crippen molar-refractivity contribution in [1.82, 2.24) is 19.7 Å². The third-order valence-corrected chi connectivity index (χ3v) is 5.24. The van der Waals surface area contributed by atoms with Crippen LogP contribution in [0.25, 0.3) is 33.4 Å². The highest BCUT2D eigenvalue weighted by atomic mass is 16.2. The highest BCUT2D eigenvalue weighted by Crippen LogP contribution is 2.32. The number of benzene rings is 2. The molecule has 156 valence electrons. The lowest BCUT2D eigenvalue weighted by atomic mass is 10.0. The number of anilines is 1. The number of amides is 1. The van der Waals surface area contributed by atoms with Crippen molar-refractivity contribution in [2.24, 2.45) is 0 Å². The van der Waals surface area contributed by atoms with Crippen LogP contribution in [0.3, 0.4) is 0 Å². The minimum absolute atomic E-state index is 0.0784. The van der Waals surface area contributed by atoms with Crippen LogP contribution in [0.2, 0.25) is 0 Å². The lowest BCUT2D eigenvalue weighted by Gasteiger charge is -2.11. The second-order valence-corrected chi connectivity index (χ2v) is 7.55. The van der Waals surface area contributed by atoms with Gasteiger partial charge in [0, 0.05) is 28.5 Å². The number of hydrogen-bond acceptors (Lipinski definition) is 4. The Bertz CT molecular complexity index is 1410. The lowest BCUT2D eigenvalue weighted by molar-refractivity contribution is -0.116. The van der Waals surface area contributed by atoms with Crippen LogP contribution < -0.4 is 5.32 Å². The van der Waals surface area contributed by atoms with Crippen molar-refractivity contribution in [3.05, 3.63) is 97.0 Å². The van der Waals surface area contributed by atoms with Gasteiger partial charge in [0.15, 0.2) is 0 Å². The van der Waals surface area contributed by atoms with E-state index >= 15 is 0 Å². The van der Waals surface area contributed by atoms with Gasteiger partial charge in [-0.25, -0.2) is 0 Å². The molecule has 6 nitrogen and oxygen atoms in total. The van der Waals surface area contributed by atoms with Crippen LogP contribution in [0, 0.1) is 6.92 Å². The molecule has 1 amide bonds. The van der Waals surface area contributed by atoms with E-state index in [1.54, 1.807) is 17.1 Å². The second-order valence-electron chi connectivity index (χ2n) is 7.55. The average molecular weight is 419 g/mol. The molecule has 3 heterocycles. The summed E-state index contributed by atoms with van der Waals surface area (Å²) >= 11 is 0. The van der Waals surface area contributed by atoms with Gasteiger partial charge in [0.05, 0.1) is 23.1 Å². The fourth-order valence-electron chi connectivity index (χ4n) is 3.76. The van der Waals surface area contributed by atoms with Crippen molar-refractivity contribution in [1.29, 1.82) is 0 Å². The van der Waals surface area contributed by atoms with Gasteiger partial charge in [0.25, 0.3) is 0 Å². The summed E-state index contributed by atoms with van der Waals surface area (Å²) < 4.78 is 1.71. The summed E-state index contributed by atoms with van der Waals surface area (Å²) in [5, 5.41) is 8.53. The molecule has 5 aromatic rings. The van der Waals surface area contributed by atoms with E-state index in [2.05, 4.69) is 21.5 Å². The molecule has 1 N–H and O–H groups in total. The number of fused-ring (bicyclic) bond motifs is 1. The third-order valence-electron chi connectivity index (χ3n) is 5.24. The molecule has 2 aromatic carbocycles. The van der Waals surface area contributed by atoms with Crippen molar-refractivity contribution in [3.63, 3.8) is 0 Å². The summed E-state index contributed by atoms with van der Waals surface area (Å²) in [6.07, 6.45) is 3.58. The van der Waals surface area contributed by atoms with Gasteiger partial charge in [-0.3, -0.25) is 19.4 Å². The fraction of sp³-hybridized carbons (Fsp3) is 0.0769. The zero-order chi connectivity index (χ0) is 21.9. The van der Waals surface area contributed by atoms with E-state index in [0.29, 0.717) is 0 Å². The van der Waals surface area contributed by atoms with Gasteiger partial charge in [0.1, 0.15) is 6.54 Å². The van der Waals surface area contributed by atoms with Crippen LogP contribution in [0.5, 0.6) is 0 Å². The zero-order valence-corrected chi connectivity index (χ0v) is 17.6. The number of hydrogen-bond donors (Lipinski definition) is 1. The molecule has 0 fully saturated rings. The Balaban J connectivity index is 1.56. The topological polar surface area (TPSA) is 72.7 Å². The molecule has 0 radical (unpaired) electrons. The number of pyridine rings is 2. The quantitative estimate of drug-likeness (QED) is 0.430. The standard InChI is InChI=1S/C26H21N5O/c1-18-7-5-11-24(29-18)26-22(19-12-13-23-20(15-19)8-6-14-27-23)16-28-31(26)17-25(32)30-21-9-3-2-4-10-21/h2-16H,17H2,1H3,(H,30,32).